The van der Waals surface area contributed by atoms with E-state index in [0.717, 1.165) is 16.8 Å². The van der Waals surface area contributed by atoms with Gasteiger partial charge in [0.25, 0.3) is 5.91 Å². The van der Waals surface area contributed by atoms with Crippen LogP contribution in [0.5, 0.6) is 0 Å². The summed E-state index contributed by atoms with van der Waals surface area (Å²) in [5.41, 5.74) is 0.0967. The third-order valence-electron chi connectivity index (χ3n) is 4.57. The van der Waals surface area contributed by atoms with Crippen LogP contribution < -0.4 is 16.0 Å². The maximum absolute atomic E-state index is 12.9. The lowest BCUT2D eigenvalue weighted by Crippen LogP contribution is -2.27. The molecule has 0 radical (unpaired) electrons. The first-order chi connectivity index (χ1) is 16.3. The summed E-state index contributed by atoms with van der Waals surface area (Å²) in [5, 5.41) is 15.3. The van der Waals surface area contributed by atoms with Gasteiger partial charge >= 0.3 is 12.2 Å². The SMILES string of the molecule is O=C(NCc1ccco1)Nc1ccc(NC(=O)c2cn(-c3cccc(C(F)(F)F)c3)nn2)cc1. The molecule has 0 saturated carbocycles. The van der Waals surface area contributed by atoms with Crippen molar-refractivity contribution in [1.29, 1.82) is 0 Å². The molecule has 0 aliphatic rings. The topological polar surface area (TPSA) is 114 Å². The van der Waals surface area contributed by atoms with Crippen molar-refractivity contribution in [2.45, 2.75) is 12.7 Å². The fraction of sp³-hybridized carbons (Fsp3) is 0.0909. The molecule has 0 atom stereocenters. The predicted octanol–water partition coefficient (Wildman–Crippen LogP) is 4.45. The molecule has 174 valence electrons. The van der Waals surface area contributed by atoms with E-state index in [2.05, 4.69) is 26.3 Å². The van der Waals surface area contributed by atoms with Gasteiger partial charge in [0.2, 0.25) is 0 Å². The van der Waals surface area contributed by atoms with Crippen LogP contribution in [0.15, 0.2) is 77.5 Å². The highest BCUT2D eigenvalue weighted by molar-refractivity contribution is 6.02. The Labute approximate surface area is 190 Å². The second-order valence-corrected chi connectivity index (χ2v) is 7.01. The Hall–Kier alpha value is -4.61. The number of furan rings is 1. The number of benzene rings is 2. The van der Waals surface area contributed by atoms with Gasteiger partial charge in [0.05, 0.1) is 30.3 Å². The predicted molar refractivity (Wildman–Crippen MR) is 115 cm³/mol. The van der Waals surface area contributed by atoms with Crippen molar-refractivity contribution in [2.24, 2.45) is 0 Å². The second kappa shape index (κ2) is 9.48. The average molecular weight is 470 g/mol. The Morgan fingerprint density at radius 2 is 1.71 bits per heavy atom. The number of halogens is 3. The van der Waals surface area contributed by atoms with Gasteiger partial charge in [-0.3, -0.25) is 4.79 Å². The minimum absolute atomic E-state index is 0.0862. The highest BCUT2D eigenvalue weighted by Crippen LogP contribution is 2.30. The number of hydrogen-bond donors (Lipinski definition) is 3. The number of nitrogens with zero attached hydrogens (tertiary/aromatic N) is 3. The molecular weight excluding hydrogens is 453 g/mol. The number of aromatic nitrogens is 3. The lowest BCUT2D eigenvalue weighted by Gasteiger charge is -2.08. The second-order valence-electron chi connectivity index (χ2n) is 7.01. The van der Waals surface area contributed by atoms with E-state index in [-0.39, 0.29) is 17.9 Å². The summed E-state index contributed by atoms with van der Waals surface area (Å²) in [5.74, 6) is 0.00771. The Morgan fingerprint density at radius 1 is 0.971 bits per heavy atom. The molecule has 0 saturated heterocycles. The van der Waals surface area contributed by atoms with E-state index >= 15 is 0 Å². The zero-order chi connectivity index (χ0) is 24.1. The summed E-state index contributed by atoms with van der Waals surface area (Å²) in [6, 6.07) is 13.8. The van der Waals surface area contributed by atoms with Crippen molar-refractivity contribution < 1.29 is 27.2 Å². The van der Waals surface area contributed by atoms with E-state index in [1.807, 2.05) is 0 Å². The number of urea groups is 1. The van der Waals surface area contributed by atoms with Crippen LogP contribution in [0.2, 0.25) is 0 Å². The number of anilines is 2. The van der Waals surface area contributed by atoms with Gasteiger partial charge in [0.15, 0.2) is 5.69 Å². The van der Waals surface area contributed by atoms with Crippen LogP contribution in [-0.4, -0.2) is 26.9 Å². The highest BCUT2D eigenvalue weighted by atomic mass is 19.4. The van der Waals surface area contributed by atoms with Crippen LogP contribution in [0.25, 0.3) is 5.69 Å². The number of carbonyl (C=O) groups excluding carboxylic acids is 2. The maximum Gasteiger partial charge on any atom is 0.416 e. The summed E-state index contributed by atoms with van der Waals surface area (Å²) in [4.78, 5) is 24.4. The molecule has 12 heteroatoms. The van der Waals surface area contributed by atoms with Crippen molar-refractivity contribution in [3.8, 4) is 5.69 Å². The zero-order valence-corrected chi connectivity index (χ0v) is 17.3. The van der Waals surface area contributed by atoms with Gasteiger partial charge < -0.3 is 20.4 Å². The summed E-state index contributed by atoms with van der Waals surface area (Å²) in [6.07, 6.45) is -1.77. The molecule has 0 fully saturated rings. The molecule has 0 bridgehead atoms. The number of hydrogen-bond acceptors (Lipinski definition) is 5. The molecule has 3 N–H and O–H groups in total. The normalized spacial score (nSPS) is 11.1. The van der Waals surface area contributed by atoms with Gasteiger partial charge in [0.1, 0.15) is 5.76 Å². The molecule has 0 spiro atoms. The summed E-state index contributed by atoms with van der Waals surface area (Å²) in [6.45, 7) is 0.230. The molecule has 2 aromatic heterocycles. The number of rotatable bonds is 6. The maximum atomic E-state index is 12.9. The summed E-state index contributed by atoms with van der Waals surface area (Å²) < 4.78 is 45.0. The van der Waals surface area contributed by atoms with Gasteiger partial charge in [0, 0.05) is 11.4 Å². The fourth-order valence-corrected chi connectivity index (χ4v) is 2.91. The Balaban J connectivity index is 1.34. The number of nitrogens with one attached hydrogen (secondary N) is 3. The number of carbonyl (C=O) groups is 2. The van der Waals surface area contributed by atoms with Gasteiger partial charge in [-0.05, 0) is 54.6 Å². The van der Waals surface area contributed by atoms with Crippen molar-refractivity contribution in [2.75, 3.05) is 10.6 Å². The average Bonchev–Trinajstić information content (AvgIpc) is 3.51. The number of alkyl halides is 3. The first-order valence-corrected chi connectivity index (χ1v) is 9.86. The highest BCUT2D eigenvalue weighted by Gasteiger charge is 2.30. The van der Waals surface area contributed by atoms with Crippen LogP contribution in [0.1, 0.15) is 21.8 Å². The molecule has 3 amide bonds. The molecule has 4 rings (SSSR count). The van der Waals surface area contributed by atoms with Crippen LogP contribution >= 0.6 is 0 Å². The summed E-state index contributed by atoms with van der Waals surface area (Å²) in [7, 11) is 0. The van der Waals surface area contributed by atoms with E-state index in [4.69, 9.17) is 4.42 Å². The molecule has 0 aliphatic carbocycles. The lowest BCUT2D eigenvalue weighted by atomic mass is 10.2. The molecule has 2 aromatic carbocycles. The molecule has 0 aliphatic heterocycles. The third kappa shape index (κ3) is 5.59. The van der Waals surface area contributed by atoms with E-state index in [9.17, 15) is 22.8 Å². The molecule has 0 unspecified atom stereocenters. The monoisotopic (exact) mass is 470 g/mol. The molecular formula is C22H17F3N6O3. The Kier molecular flexibility index (Phi) is 6.30. The lowest BCUT2D eigenvalue weighted by molar-refractivity contribution is -0.137. The van der Waals surface area contributed by atoms with Crippen LogP contribution in [-0.2, 0) is 12.7 Å². The minimum Gasteiger partial charge on any atom is -0.467 e. The molecule has 4 aromatic rings. The molecule has 34 heavy (non-hydrogen) atoms. The zero-order valence-electron chi connectivity index (χ0n) is 17.3. The van der Waals surface area contributed by atoms with E-state index < -0.39 is 23.7 Å². The van der Waals surface area contributed by atoms with Crippen molar-refractivity contribution >= 4 is 23.3 Å². The van der Waals surface area contributed by atoms with Crippen molar-refractivity contribution in [1.82, 2.24) is 20.3 Å². The molecule has 2 heterocycles. The Morgan fingerprint density at radius 3 is 2.38 bits per heavy atom. The third-order valence-corrected chi connectivity index (χ3v) is 4.57. The fourth-order valence-electron chi connectivity index (χ4n) is 2.91. The van der Waals surface area contributed by atoms with Gasteiger partial charge in [-0.1, -0.05) is 11.3 Å². The van der Waals surface area contributed by atoms with E-state index in [0.29, 0.717) is 17.1 Å². The van der Waals surface area contributed by atoms with Gasteiger partial charge in [-0.25, -0.2) is 9.48 Å². The quantitative estimate of drug-likeness (QED) is 0.385. The van der Waals surface area contributed by atoms with E-state index in [1.54, 1.807) is 36.4 Å². The van der Waals surface area contributed by atoms with Crippen LogP contribution in [0.3, 0.4) is 0 Å². The summed E-state index contributed by atoms with van der Waals surface area (Å²) >= 11 is 0. The van der Waals surface area contributed by atoms with Crippen LogP contribution in [0.4, 0.5) is 29.3 Å². The smallest absolute Gasteiger partial charge is 0.416 e. The largest absolute Gasteiger partial charge is 0.467 e. The first kappa shape index (κ1) is 22.6. The van der Waals surface area contributed by atoms with Crippen molar-refractivity contribution in [3.63, 3.8) is 0 Å². The van der Waals surface area contributed by atoms with Crippen molar-refractivity contribution in [3.05, 3.63) is 90.1 Å². The minimum atomic E-state index is -4.50. The Bertz CT molecular complexity index is 1280. The number of amides is 3. The standard InChI is InChI=1S/C22H17F3N6O3/c23-22(24,25)14-3-1-4-17(11-14)31-13-19(29-30-31)20(32)27-15-6-8-16(9-7-15)28-21(33)26-12-18-5-2-10-34-18/h1-11,13H,12H2,(H,27,32)(H2,26,28,33). The van der Waals surface area contributed by atoms with Crippen LogP contribution in [0, 0.1) is 0 Å². The van der Waals surface area contributed by atoms with Gasteiger partial charge in [-0.2, -0.15) is 13.2 Å². The molecule has 9 nitrogen and oxygen atoms in total. The first-order valence-electron chi connectivity index (χ1n) is 9.86. The van der Waals surface area contributed by atoms with E-state index in [1.165, 1.54) is 24.6 Å². The van der Waals surface area contributed by atoms with Gasteiger partial charge in [-0.15, -0.1) is 5.10 Å².